The van der Waals surface area contributed by atoms with Crippen molar-refractivity contribution in [2.75, 3.05) is 32.7 Å². The Morgan fingerprint density at radius 3 is 2.53 bits per heavy atom. The lowest BCUT2D eigenvalue weighted by molar-refractivity contribution is -0.127. The van der Waals surface area contributed by atoms with E-state index in [0.717, 1.165) is 19.5 Å². The van der Waals surface area contributed by atoms with Crippen LogP contribution in [0.25, 0.3) is 0 Å². The van der Waals surface area contributed by atoms with E-state index in [2.05, 4.69) is 33.1 Å². The highest BCUT2D eigenvalue weighted by Crippen LogP contribution is 2.17. The molecular formula is C22H36IN5O2. The Labute approximate surface area is 197 Å². The molecular weight excluding hydrogens is 493 g/mol. The zero-order valence-corrected chi connectivity index (χ0v) is 20.9. The molecule has 0 bridgehead atoms. The molecule has 0 aromatic heterocycles. The lowest BCUT2D eigenvalue weighted by Crippen LogP contribution is -2.44. The Bertz CT molecular complexity index is 703. The van der Waals surface area contributed by atoms with Gasteiger partial charge >= 0.3 is 0 Å². The van der Waals surface area contributed by atoms with Crippen molar-refractivity contribution < 1.29 is 9.59 Å². The van der Waals surface area contributed by atoms with E-state index in [1.807, 2.05) is 50.8 Å². The highest BCUT2D eigenvalue weighted by molar-refractivity contribution is 14.0. The summed E-state index contributed by atoms with van der Waals surface area (Å²) in [6.45, 7) is 10.7. The molecule has 1 heterocycles. The second-order valence-electron chi connectivity index (χ2n) is 8.52. The lowest BCUT2D eigenvalue weighted by atomic mass is 10.1. The van der Waals surface area contributed by atoms with Crippen molar-refractivity contribution in [2.24, 2.45) is 10.9 Å². The Hall–Kier alpha value is -1.84. The smallest absolute Gasteiger partial charge is 0.242 e. The first-order chi connectivity index (χ1) is 13.8. The molecule has 0 spiro atoms. The maximum Gasteiger partial charge on any atom is 0.242 e. The fraction of sp³-hybridized carbons (Fsp3) is 0.591. The van der Waals surface area contributed by atoms with Crippen LogP contribution in [0.15, 0.2) is 35.3 Å². The van der Waals surface area contributed by atoms with E-state index >= 15 is 0 Å². The highest BCUT2D eigenvalue weighted by atomic mass is 127. The summed E-state index contributed by atoms with van der Waals surface area (Å²) in [4.78, 5) is 30.6. The van der Waals surface area contributed by atoms with Crippen LogP contribution in [0.5, 0.6) is 0 Å². The average Bonchev–Trinajstić information content (AvgIpc) is 3.01. The summed E-state index contributed by atoms with van der Waals surface area (Å²) in [7, 11) is 0. The van der Waals surface area contributed by atoms with Crippen LogP contribution in [0.4, 0.5) is 0 Å². The van der Waals surface area contributed by atoms with Gasteiger partial charge in [0.2, 0.25) is 11.8 Å². The molecule has 1 saturated heterocycles. The summed E-state index contributed by atoms with van der Waals surface area (Å²) in [5, 5.41) is 9.33. The Balaban J connectivity index is 0.00000450. The van der Waals surface area contributed by atoms with Crippen LogP contribution in [0.3, 0.4) is 0 Å². The molecule has 0 aliphatic carbocycles. The molecule has 7 nitrogen and oxygen atoms in total. The van der Waals surface area contributed by atoms with E-state index in [-0.39, 0.29) is 53.8 Å². The number of likely N-dealkylation sites (tertiary alicyclic amines) is 1. The van der Waals surface area contributed by atoms with Gasteiger partial charge in [0.25, 0.3) is 0 Å². The van der Waals surface area contributed by atoms with Crippen LogP contribution in [0, 0.1) is 5.92 Å². The average molecular weight is 529 g/mol. The number of carbonyl (C=O) groups is 2. The molecule has 3 N–H and O–H groups in total. The van der Waals surface area contributed by atoms with Gasteiger partial charge in [-0.25, -0.2) is 4.99 Å². The molecule has 1 aliphatic heterocycles. The number of benzene rings is 1. The zero-order valence-electron chi connectivity index (χ0n) is 18.5. The van der Waals surface area contributed by atoms with E-state index in [4.69, 9.17) is 0 Å². The van der Waals surface area contributed by atoms with Crippen LogP contribution in [-0.2, 0) is 16.0 Å². The number of hydrogen-bond donors (Lipinski definition) is 3. The van der Waals surface area contributed by atoms with Crippen LogP contribution in [-0.4, -0.2) is 60.9 Å². The van der Waals surface area contributed by atoms with Crippen molar-refractivity contribution in [3.63, 3.8) is 0 Å². The van der Waals surface area contributed by atoms with Gasteiger partial charge in [-0.3, -0.25) is 9.59 Å². The van der Waals surface area contributed by atoms with Gasteiger partial charge in [0, 0.05) is 44.1 Å². The van der Waals surface area contributed by atoms with Gasteiger partial charge in [-0.1, -0.05) is 30.3 Å². The SMILES string of the molecule is CCNC(=NCC(=O)NC(C)(C)C)NCC1CC(=O)N(CCc2ccccc2)C1.I. The molecule has 1 unspecified atom stereocenters. The minimum Gasteiger partial charge on any atom is -0.357 e. The van der Waals surface area contributed by atoms with Gasteiger partial charge in [0.1, 0.15) is 6.54 Å². The molecule has 30 heavy (non-hydrogen) atoms. The summed E-state index contributed by atoms with van der Waals surface area (Å²) in [6.07, 6.45) is 1.42. The van der Waals surface area contributed by atoms with Crippen molar-refractivity contribution in [1.82, 2.24) is 20.9 Å². The summed E-state index contributed by atoms with van der Waals surface area (Å²) < 4.78 is 0. The quantitative estimate of drug-likeness (QED) is 0.274. The van der Waals surface area contributed by atoms with Gasteiger partial charge in [-0.05, 0) is 39.7 Å². The van der Waals surface area contributed by atoms with Gasteiger partial charge in [0.05, 0.1) is 0 Å². The van der Waals surface area contributed by atoms with Gasteiger partial charge < -0.3 is 20.9 Å². The van der Waals surface area contributed by atoms with Crippen molar-refractivity contribution in [3.8, 4) is 0 Å². The number of carbonyl (C=O) groups excluding carboxylic acids is 2. The van der Waals surface area contributed by atoms with Crippen molar-refractivity contribution >= 4 is 41.8 Å². The van der Waals surface area contributed by atoms with Crippen LogP contribution in [0.1, 0.15) is 39.7 Å². The minimum absolute atomic E-state index is 0. The first kappa shape index (κ1) is 26.2. The van der Waals surface area contributed by atoms with E-state index in [9.17, 15) is 9.59 Å². The van der Waals surface area contributed by atoms with Crippen LogP contribution in [0.2, 0.25) is 0 Å². The number of halogens is 1. The fourth-order valence-corrected chi connectivity index (χ4v) is 3.31. The molecule has 1 atom stereocenters. The molecule has 8 heteroatoms. The Kier molecular flexibility index (Phi) is 11.1. The Morgan fingerprint density at radius 2 is 1.90 bits per heavy atom. The highest BCUT2D eigenvalue weighted by Gasteiger charge is 2.29. The predicted octanol–water partition coefficient (Wildman–Crippen LogP) is 2.17. The zero-order chi connectivity index (χ0) is 21.3. The number of nitrogens with one attached hydrogen (secondary N) is 3. The first-order valence-electron chi connectivity index (χ1n) is 10.4. The minimum atomic E-state index is -0.272. The second-order valence-corrected chi connectivity index (χ2v) is 8.52. The van der Waals surface area contributed by atoms with E-state index in [1.165, 1.54) is 5.56 Å². The third-order valence-corrected chi connectivity index (χ3v) is 4.61. The molecule has 1 aromatic rings. The third kappa shape index (κ3) is 9.77. The monoisotopic (exact) mass is 529 g/mol. The molecule has 1 aliphatic rings. The first-order valence-corrected chi connectivity index (χ1v) is 10.4. The van der Waals surface area contributed by atoms with E-state index in [1.54, 1.807) is 0 Å². The number of hydrogen-bond acceptors (Lipinski definition) is 3. The Morgan fingerprint density at radius 1 is 1.20 bits per heavy atom. The van der Waals surface area contributed by atoms with Gasteiger partial charge in [0.15, 0.2) is 5.96 Å². The largest absolute Gasteiger partial charge is 0.357 e. The maximum atomic E-state index is 12.3. The lowest BCUT2D eigenvalue weighted by Gasteiger charge is -2.20. The van der Waals surface area contributed by atoms with Crippen molar-refractivity contribution in [1.29, 1.82) is 0 Å². The summed E-state index contributed by atoms with van der Waals surface area (Å²) >= 11 is 0. The van der Waals surface area contributed by atoms with Gasteiger partial charge in [-0.15, -0.1) is 24.0 Å². The fourth-order valence-electron chi connectivity index (χ4n) is 3.31. The molecule has 0 saturated carbocycles. The summed E-state index contributed by atoms with van der Waals surface area (Å²) in [5.74, 6) is 0.939. The number of rotatable bonds is 8. The number of guanidine groups is 1. The molecule has 168 valence electrons. The third-order valence-electron chi connectivity index (χ3n) is 4.61. The van der Waals surface area contributed by atoms with E-state index < -0.39 is 0 Å². The van der Waals surface area contributed by atoms with Crippen LogP contribution < -0.4 is 16.0 Å². The topological polar surface area (TPSA) is 85.8 Å². The molecule has 2 rings (SSSR count). The normalized spacial score (nSPS) is 16.8. The predicted molar refractivity (Wildman–Crippen MR) is 132 cm³/mol. The van der Waals surface area contributed by atoms with E-state index in [0.29, 0.717) is 25.5 Å². The number of amides is 2. The molecule has 0 radical (unpaired) electrons. The number of aliphatic imine (C=N–C) groups is 1. The summed E-state index contributed by atoms with van der Waals surface area (Å²) in [5.41, 5.74) is 0.975. The molecule has 2 amide bonds. The summed E-state index contributed by atoms with van der Waals surface area (Å²) in [6, 6.07) is 10.2. The standard InChI is InChI=1S/C22H35N5O2.HI/c1-5-23-21(25-15-19(28)26-22(2,3)4)24-14-18-13-20(29)27(16-18)12-11-17-9-7-6-8-10-17;/h6-10,18H,5,11-16H2,1-4H3,(H,26,28)(H2,23,24,25);1H. The molecule has 1 fully saturated rings. The second kappa shape index (κ2) is 12.8. The van der Waals surface area contributed by atoms with Gasteiger partial charge in [-0.2, -0.15) is 0 Å². The maximum absolute atomic E-state index is 12.3. The molecule has 1 aromatic carbocycles. The number of nitrogens with zero attached hydrogens (tertiary/aromatic N) is 2. The van der Waals surface area contributed by atoms with Crippen molar-refractivity contribution in [3.05, 3.63) is 35.9 Å². The van der Waals surface area contributed by atoms with Crippen molar-refractivity contribution in [2.45, 2.75) is 46.1 Å². The van der Waals surface area contributed by atoms with Crippen LogP contribution >= 0.6 is 24.0 Å².